The van der Waals surface area contributed by atoms with Gasteiger partial charge in [-0.1, -0.05) is 295 Å². The molecular weight excluding hydrogens is 790 g/mol. The first-order chi connectivity index (χ1) is 31.6. The number of rotatable bonds is 23. The van der Waals surface area contributed by atoms with E-state index in [0.29, 0.717) is 0 Å². The molecule has 0 spiro atoms. The molecule has 0 aliphatic heterocycles. The van der Waals surface area contributed by atoms with Gasteiger partial charge < -0.3 is 4.90 Å². The second-order valence-corrected chi connectivity index (χ2v) is 17.4. The smallest absolute Gasteiger partial charge is 0.123 e. The van der Waals surface area contributed by atoms with E-state index < -0.39 is 0 Å². The minimum Gasteiger partial charge on any atom is -0.309 e. The molecule has 4 aromatic carbocycles. The summed E-state index contributed by atoms with van der Waals surface area (Å²) >= 11 is 0. The second-order valence-electron chi connectivity index (χ2n) is 17.4. The van der Waals surface area contributed by atoms with Crippen LogP contribution in [0, 0.1) is 5.82 Å². The Labute approximate surface area is 408 Å². The summed E-state index contributed by atoms with van der Waals surface area (Å²) in [6.45, 7) is 25.6. The normalized spacial score (nSPS) is 9.58. The molecule has 0 bridgehead atoms. The fourth-order valence-electron chi connectivity index (χ4n) is 6.08. The predicted molar refractivity (Wildman–Crippen MR) is 298 cm³/mol. The Kier molecular flexibility index (Phi) is 63.9. The van der Waals surface area contributed by atoms with Crippen molar-refractivity contribution in [1.82, 2.24) is 4.90 Å². The summed E-state index contributed by atoms with van der Waals surface area (Å²) in [6, 6.07) is 38.5. The average molecular weight is 901 g/mol. The minimum atomic E-state index is -0.153. The summed E-state index contributed by atoms with van der Waals surface area (Å²) < 4.78 is 12.3. The molecule has 4 aromatic rings. The number of nitrogens with zero attached hydrogens (tertiary/aromatic N) is 1. The van der Waals surface area contributed by atoms with Crippen LogP contribution in [-0.2, 0) is 25.7 Å². The lowest BCUT2D eigenvalue weighted by molar-refractivity contribution is 0.398. The first kappa shape index (κ1) is 68.4. The van der Waals surface area contributed by atoms with Gasteiger partial charge in [0.05, 0.1) is 0 Å². The maximum absolute atomic E-state index is 12.3. The van der Waals surface area contributed by atoms with Crippen LogP contribution in [0.1, 0.15) is 233 Å². The lowest BCUT2D eigenvalue weighted by atomic mass is 10.1. The molecule has 0 fully saturated rings. The van der Waals surface area contributed by atoms with Crippen LogP contribution < -0.4 is 0 Å². The van der Waals surface area contributed by atoms with Crippen LogP contribution >= 0.6 is 0 Å². The van der Waals surface area contributed by atoms with Gasteiger partial charge in [-0.15, -0.1) is 0 Å². The third-order valence-electron chi connectivity index (χ3n) is 10.4. The van der Waals surface area contributed by atoms with Crippen molar-refractivity contribution < 1.29 is 4.39 Å². The zero-order chi connectivity index (χ0) is 49.3. The standard InChI is InChI=1S/C11H16.C10H14.C9H11F.C8H10.C8H18.C6H15N.C6H14.C5H12/c1-2-3-5-8-11-9-6-4-7-10-11;1-2-3-7-10-8-5-4-6-9-10;1-2-3-8-4-6-9(10)7-5-8;1-2-8-6-4-3-5-7-8;1-3-5-7-8-6-4-2;1-4-5-6-7(2)3;1-3-5-6-4-2;1-3-5-4-2/h4,6-7,9-10H,2-3,5,8H2,1H3;4-6,8-9H,2-3,7H2,1H3;4-7H,2-3H2,1H3;3-7H,2H2,1H3;3-8H2,1-2H3;4-6H2,1-3H3;3-6H2,1-2H3;3-5H2,1-2H3. The molecule has 4 rings (SSSR count). The molecule has 0 aromatic heterocycles. The SMILES string of the molecule is CCCCC.CCCCCC.CCCCCCCC.CCCCCc1ccccc1.CCCCN(C)C.CCCCc1ccccc1.CCCc1ccc(F)cc1.CCc1ccccc1. The monoisotopic (exact) mass is 900 g/mol. The van der Waals surface area contributed by atoms with Crippen LogP contribution in [0.2, 0.25) is 0 Å². The molecule has 0 aliphatic rings. The summed E-state index contributed by atoms with van der Waals surface area (Å²) in [7, 11) is 4.21. The van der Waals surface area contributed by atoms with Crippen LogP contribution in [0.25, 0.3) is 0 Å². The van der Waals surface area contributed by atoms with Crippen LogP contribution in [0.4, 0.5) is 4.39 Å². The van der Waals surface area contributed by atoms with E-state index in [1.807, 2.05) is 18.2 Å². The van der Waals surface area contributed by atoms with E-state index in [1.165, 1.54) is 182 Å². The first-order valence-corrected chi connectivity index (χ1v) is 27.1. The zero-order valence-corrected chi connectivity index (χ0v) is 45.7. The number of hydrogen-bond acceptors (Lipinski definition) is 1. The van der Waals surface area contributed by atoms with E-state index in [1.54, 1.807) is 0 Å². The van der Waals surface area contributed by atoms with E-state index in [4.69, 9.17) is 0 Å². The van der Waals surface area contributed by atoms with Gasteiger partial charge in [-0.05, 0) is 100.0 Å². The highest BCUT2D eigenvalue weighted by molar-refractivity contribution is 5.17. The van der Waals surface area contributed by atoms with Crippen LogP contribution in [0.3, 0.4) is 0 Å². The van der Waals surface area contributed by atoms with E-state index in [-0.39, 0.29) is 5.82 Å². The predicted octanol–water partition coefficient (Wildman–Crippen LogP) is 21.0. The van der Waals surface area contributed by atoms with E-state index >= 15 is 0 Å². The third-order valence-corrected chi connectivity index (χ3v) is 10.4. The number of halogens is 1. The summed E-state index contributed by atoms with van der Waals surface area (Å²) in [5.41, 5.74) is 5.56. The lowest BCUT2D eigenvalue weighted by Gasteiger charge is -2.05. The molecule has 0 N–H and O–H groups in total. The number of benzene rings is 4. The fraction of sp³-hybridized carbons (Fsp3) is 0.619. The summed E-state index contributed by atoms with van der Waals surface area (Å²) in [5, 5.41) is 0. The number of aryl methyl sites for hydroxylation is 4. The maximum atomic E-state index is 12.3. The molecule has 0 atom stereocenters. The van der Waals surface area contributed by atoms with Crippen molar-refractivity contribution in [1.29, 1.82) is 0 Å². The zero-order valence-electron chi connectivity index (χ0n) is 45.7. The fourth-order valence-corrected chi connectivity index (χ4v) is 6.08. The Morgan fingerprint density at radius 3 is 0.908 bits per heavy atom. The molecule has 0 radical (unpaired) electrons. The highest BCUT2D eigenvalue weighted by atomic mass is 19.1. The first-order valence-electron chi connectivity index (χ1n) is 27.1. The molecule has 0 amide bonds. The lowest BCUT2D eigenvalue weighted by Crippen LogP contribution is -2.12. The van der Waals surface area contributed by atoms with E-state index in [2.05, 4.69) is 180 Å². The van der Waals surface area contributed by atoms with Gasteiger partial charge in [0.15, 0.2) is 0 Å². The Bertz CT molecular complexity index is 1320. The van der Waals surface area contributed by atoms with Crippen molar-refractivity contribution in [3.8, 4) is 0 Å². The van der Waals surface area contributed by atoms with Gasteiger partial charge in [0.2, 0.25) is 0 Å². The van der Waals surface area contributed by atoms with Crippen molar-refractivity contribution in [2.24, 2.45) is 0 Å². The Morgan fingerprint density at radius 2 is 0.615 bits per heavy atom. The molecule has 65 heavy (non-hydrogen) atoms. The molecule has 0 unspecified atom stereocenters. The third kappa shape index (κ3) is 60.8. The minimum absolute atomic E-state index is 0.153. The largest absolute Gasteiger partial charge is 0.309 e. The summed E-state index contributed by atoms with van der Waals surface area (Å²) in [6.07, 6.45) is 33.1. The quantitative estimate of drug-likeness (QED) is 0.0671. The van der Waals surface area contributed by atoms with Gasteiger partial charge >= 0.3 is 0 Å². The Morgan fingerprint density at radius 1 is 0.292 bits per heavy atom. The van der Waals surface area contributed by atoms with Crippen molar-refractivity contribution in [3.05, 3.63) is 143 Å². The van der Waals surface area contributed by atoms with Crippen LogP contribution in [-0.4, -0.2) is 25.5 Å². The topological polar surface area (TPSA) is 3.24 Å². The molecule has 0 aliphatic carbocycles. The van der Waals surface area contributed by atoms with Crippen molar-refractivity contribution in [2.45, 2.75) is 237 Å². The molecular formula is C63H110FN. The van der Waals surface area contributed by atoms with E-state index in [9.17, 15) is 4.39 Å². The summed E-state index contributed by atoms with van der Waals surface area (Å²) in [5.74, 6) is -0.153. The molecule has 1 nitrogen and oxygen atoms in total. The van der Waals surface area contributed by atoms with Gasteiger partial charge in [0, 0.05) is 0 Å². The van der Waals surface area contributed by atoms with E-state index in [0.717, 1.165) is 19.3 Å². The summed E-state index contributed by atoms with van der Waals surface area (Å²) in [4.78, 5) is 2.21. The molecule has 374 valence electrons. The van der Waals surface area contributed by atoms with Gasteiger partial charge in [-0.2, -0.15) is 0 Å². The Hall–Kier alpha value is -3.23. The van der Waals surface area contributed by atoms with Gasteiger partial charge in [0.25, 0.3) is 0 Å². The van der Waals surface area contributed by atoms with Crippen LogP contribution in [0.15, 0.2) is 115 Å². The molecule has 2 heteroatoms. The van der Waals surface area contributed by atoms with Gasteiger partial charge in [-0.25, -0.2) is 4.39 Å². The van der Waals surface area contributed by atoms with Gasteiger partial charge in [0.1, 0.15) is 5.82 Å². The Balaban J connectivity index is -0.000000331. The maximum Gasteiger partial charge on any atom is 0.123 e. The average Bonchev–Trinajstić information content (AvgIpc) is 3.34. The van der Waals surface area contributed by atoms with Crippen molar-refractivity contribution in [3.63, 3.8) is 0 Å². The molecule has 0 heterocycles. The highest BCUT2D eigenvalue weighted by Gasteiger charge is 1.92. The highest BCUT2D eigenvalue weighted by Crippen LogP contribution is 2.07. The molecule has 0 saturated carbocycles. The number of unbranched alkanes of at least 4 members (excludes halogenated alkanes) is 14. The number of hydrogen-bond donors (Lipinski definition) is 0. The molecule has 0 saturated heterocycles. The van der Waals surface area contributed by atoms with Crippen molar-refractivity contribution in [2.75, 3.05) is 20.6 Å². The van der Waals surface area contributed by atoms with Crippen molar-refractivity contribution >= 4 is 0 Å². The van der Waals surface area contributed by atoms with Gasteiger partial charge in [-0.3, -0.25) is 0 Å². The van der Waals surface area contributed by atoms with Crippen LogP contribution in [0.5, 0.6) is 0 Å². The second kappa shape index (κ2) is 60.8.